The van der Waals surface area contributed by atoms with Gasteiger partial charge in [0.05, 0.1) is 12.2 Å². The Morgan fingerprint density at radius 2 is 2.43 bits per heavy atom. The second-order valence-electron chi connectivity index (χ2n) is 5.43. The third kappa shape index (κ3) is 3.96. The van der Waals surface area contributed by atoms with Crippen molar-refractivity contribution in [2.75, 3.05) is 19.7 Å². The summed E-state index contributed by atoms with van der Waals surface area (Å²) in [6, 6.07) is 10.0. The standard InChI is InChI=1S/C16H20N2O3/c1-12-4-2-5-13(10-12)15(21-9-7-17)14-6-3-8-18(11-14)16(19)20/h2,4-5,10,14-15H,3,6,8-9,11H2,1H3,(H,19,20)/t14?,15-/m0/s1. The number of nitrogens with zero attached hydrogens (tertiary/aromatic N) is 2. The number of amides is 1. The molecule has 1 aliphatic heterocycles. The molecular formula is C16H20N2O3. The lowest BCUT2D eigenvalue weighted by Gasteiger charge is -2.35. The second-order valence-corrected chi connectivity index (χ2v) is 5.43. The van der Waals surface area contributed by atoms with Crippen LogP contribution in [0.2, 0.25) is 0 Å². The Balaban J connectivity index is 2.19. The minimum absolute atomic E-state index is 0.0161. The zero-order chi connectivity index (χ0) is 15.2. The summed E-state index contributed by atoms with van der Waals surface area (Å²) in [5, 5.41) is 17.9. The number of nitriles is 1. The highest BCUT2D eigenvalue weighted by Gasteiger charge is 2.31. The predicted molar refractivity (Wildman–Crippen MR) is 77.8 cm³/mol. The maximum atomic E-state index is 11.2. The Morgan fingerprint density at radius 1 is 1.62 bits per heavy atom. The highest BCUT2D eigenvalue weighted by Crippen LogP contribution is 2.33. The molecule has 1 aliphatic rings. The highest BCUT2D eigenvalue weighted by atomic mass is 16.5. The molecule has 1 unspecified atom stereocenters. The lowest BCUT2D eigenvalue weighted by Crippen LogP contribution is -2.41. The molecule has 1 fully saturated rings. The molecule has 0 saturated carbocycles. The van der Waals surface area contributed by atoms with Crippen molar-refractivity contribution < 1.29 is 14.6 Å². The lowest BCUT2D eigenvalue weighted by molar-refractivity contribution is 0.00138. The number of carbonyl (C=O) groups is 1. The number of hydrogen-bond donors (Lipinski definition) is 1. The monoisotopic (exact) mass is 288 g/mol. The van der Waals surface area contributed by atoms with Crippen molar-refractivity contribution in [2.45, 2.75) is 25.9 Å². The number of carboxylic acid groups (broad SMARTS) is 1. The Morgan fingerprint density at radius 3 is 3.10 bits per heavy atom. The zero-order valence-electron chi connectivity index (χ0n) is 12.2. The zero-order valence-corrected chi connectivity index (χ0v) is 12.2. The van der Waals surface area contributed by atoms with Gasteiger partial charge in [0.1, 0.15) is 6.61 Å². The maximum Gasteiger partial charge on any atom is 0.407 e. The summed E-state index contributed by atoms with van der Waals surface area (Å²) in [7, 11) is 0. The van der Waals surface area contributed by atoms with Crippen LogP contribution in [0.15, 0.2) is 24.3 Å². The fraction of sp³-hybridized carbons (Fsp3) is 0.500. The number of aryl methyl sites for hydroxylation is 1. The number of piperidine rings is 1. The minimum Gasteiger partial charge on any atom is -0.465 e. The summed E-state index contributed by atoms with van der Waals surface area (Å²) in [6.07, 6.45) is 0.623. The number of benzene rings is 1. The molecule has 1 amide bonds. The van der Waals surface area contributed by atoms with Crippen LogP contribution in [-0.2, 0) is 4.74 Å². The largest absolute Gasteiger partial charge is 0.465 e. The van der Waals surface area contributed by atoms with Gasteiger partial charge in [0.15, 0.2) is 0 Å². The predicted octanol–water partition coefficient (Wildman–Crippen LogP) is 2.97. The van der Waals surface area contributed by atoms with E-state index in [9.17, 15) is 4.79 Å². The fourth-order valence-electron chi connectivity index (χ4n) is 2.91. The average molecular weight is 288 g/mol. The number of ether oxygens (including phenoxy) is 1. The van der Waals surface area contributed by atoms with Crippen molar-refractivity contribution in [2.24, 2.45) is 5.92 Å². The minimum atomic E-state index is -0.886. The van der Waals surface area contributed by atoms with Gasteiger partial charge in [-0.15, -0.1) is 0 Å². The average Bonchev–Trinajstić information content (AvgIpc) is 2.48. The van der Waals surface area contributed by atoms with Crippen LogP contribution in [0.1, 0.15) is 30.1 Å². The van der Waals surface area contributed by atoms with Crippen molar-refractivity contribution in [3.63, 3.8) is 0 Å². The van der Waals surface area contributed by atoms with Crippen LogP contribution in [-0.4, -0.2) is 35.8 Å². The summed E-state index contributed by atoms with van der Waals surface area (Å²) < 4.78 is 5.72. The quantitative estimate of drug-likeness (QED) is 0.924. The van der Waals surface area contributed by atoms with Gasteiger partial charge in [-0.25, -0.2) is 4.79 Å². The normalized spacial score (nSPS) is 19.8. The molecule has 5 nitrogen and oxygen atoms in total. The van der Waals surface area contributed by atoms with E-state index < -0.39 is 6.09 Å². The van der Waals surface area contributed by atoms with Crippen molar-refractivity contribution >= 4 is 6.09 Å². The highest BCUT2D eigenvalue weighted by molar-refractivity contribution is 5.65. The third-order valence-corrected chi connectivity index (χ3v) is 3.85. The van der Waals surface area contributed by atoms with Crippen molar-refractivity contribution in [3.05, 3.63) is 35.4 Å². The molecule has 0 bridgehead atoms. The van der Waals surface area contributed by atoms with Gasteiger partial charge in [-0.05, 0) is 25.3 Å². The van der Waals surface area contributed by atoms with Crippen LogP contribution < -0.4 is 0 Å². The molecule has 1 aromatic carbocycles. The summed E-state index contributed by atoms with van der Waals surface area (Å²) in [5.74, 6) is 0.0880. The molecule has 0 aromatic heterocycles. The van der Waals surface area contributed by atoms with E-state index in [4.69, 9.17) is 15.1 Å². The summed E-state index contributed by atoms with van der Waals surface area (Å²) in [4.78, 5) is 12.6. The molecule has 1 aromatic rings. The van der Waals surface area contributed by atoms with E-state index in [-0.39, 0.29) is 18.6 Å². The first kappa shape index (κ1) is 15.3. The molecule has 0 aliphatic carbocycles. The van der Waals surface area contributed by atoms with E-state index in [0.29, 0.717) is 13.1 Å². The number of rotatable bonds is 4. The van der Waals surface area contributed by atoms with Crippen LogP contribution in [0.5, 0.6) is 0 Å². The molecule has 0 spiro atoms. The number of likely N-dealkylation sites (tertiary alicyclic amines) is 1. The van der Waals surface area contributed by atoms with Gasteiger partial charge in [0, 0.05) is 19.0 Å². The molecule has 1 saturated heterocycles. The molecule has 21 heavy (non-hydrogen) atoms. The topological polar surface area (TPSA) is 73.6 Å². The number of hydrogen-bond acceptors (Lipinski definition) is 3. The van der Waals surface area contributed by atoms with Crippen LogP contribution in [0, 0.1) is 24.2 Å². The van der Waals surface area contributed by atoms with E-state index in [1.165, 1.54) is 4.90 Å². The van der Waals surface area contributed by atoms with E-state index >= 15 is 0 Å². The maximum absolute atomic E-state index is 11.2. The first-order chi connectivity index (χ1) is 10.1. The summed E-state index contributed by atoms with van der Waals surface area (Å²) >= 11 is 0. The van der Waals surface area contributed by atoms with Crippen molar-refractivity contribution in [1.82, 2.24) is 4.90 Å². The molecule has 1 heterocycles. The van der Waals surface area contributed by atoms with Crippen molar-refractivity contribution in [1.29, 1.82) is 5.26 Å². The summed E-state index contributed by atoms with van der Waals surface area (Å²) in [6.45, 7) is 3.06. The van der Waals surface area contributed by atoms with Crippen LogP contribution in [0.25, 0.3) is 0 Å². The molecule has 1 N–H and O–H groups in total. The van der Waals surface area contributed by atoms with Gasteiger partial charge in [0.2, 0.25) is 0 Å². The van der Waals surface area contributed by atoms with E-state index in [1.807, 2.05) is 37.3 Å². The molecule has 2 atom stereocenters. The van der Waals surface area contributed by atoms with Gasteiger partial charge >= 0.3 is 6.09 Å². The SMILES string of the molecule is Cc1cccc([C@H](OCC#N)C2CCCN(C(=O)O)C2)c1. The van der Waals surface area contributed by atoms with Crippen LogP contribution in [0.3, 0.4) is 0 Å². The lowest BCUT2D eigenvalue weighted by atomic mass is 9.88. The van der Waals surface area contributed by atoms with E-state index in [0.717, 1.165) is 24.0 Å². The molecule has 0 radical (unpaired) electrons. The van der Waals surface area contributed by atoms with Gasteiger partial charge in [-0.2, -0.15) is 5.26 Å². The van der Waals surface area contributed by atoms with Crippen LogP contribution in [0.4, 0.5) is 4.79 Å². The second kappa shape index (κ2) is 7.09. The van der Waals surface area contributed by atoms with Crippen molar-refractivity contribution in [3.8, 4) is 6.07 Å². The Hall–Kier alpha value is -2.06. The van der Waals surface area contributed by atoms with Crippen LogP contribution >= 0.6 is 0 Å². The Kier molecular flexibility index (Phi) is 5.18. The summed E-state index contributed by atoms with van der Waals surface area (Å²) in [5.41, 5.74) is 2.14. The Labute approximate surface area is 124 Å². The van der Waals surface area contributed by atoms with Gasteiger partial charge < -0.3 is 14.7 Å². The van der Waals surface area contributed by atoms with E-state index in [2.05, 4.69) is 0 Å². The van der Waals surface area contributed by atoms with Gasteiger partial charge in [-0.3, -0.25) is 0 Å². The molecule has 112 valence electrons. The van der Waals surface area contributed by atoms with Gasteiger partial charge in [-0.1, -0.05) is 29.8 Å². The smallest absolute Gasteiger partial charge is 0.407 e. The Bertz CT molecular complexity index is 539. The van der Waals surface area contributed by atoms with Gasteiger partial charge in [0.25, 0.3) is 0 Å². The molecular weight excluding hydrogens is 268 g/mol. The molecule has 2 rings (SSSR count). The first-order valence-electron chi connectivity index (χ1n) is 7.15. The fourth-order valence-corrected chi connectivity index (χ4v) is 2.91. The molecule has 5 heteroatoms. The third-order valence-electron chi connectivity index (χ3n) is 3.85. The first-order valence-corrected chi connectivity index (χ1v) is 7.15. The van der Waals surface area contributed by atoms with E-state index in [1.54, 1.807) is 0 Å².